The first kappa shape index (κ1) is 21.7. The lowest BCUT2D eigenvalue weighted by molar-refractivity contribution is -0.0127. The van der Waals surface area contributed by atoms with E-state index in [1.165, 1.54) is 29.8 Å². The molecule has 6 rings (SSSR count). The minimum atomic E-state index is -3.24. The Kier molecular flexibility index (Phi) is 5.44. The molecule has 0 radical (unpaired) electrons. The number of carbonyl (C=O) groups is 2. The van der Waals surface area contributed by atoms with Gasteiger partial charge in [0.1, 0.15) is 0 Å². The Bertz CT molecular complexity index is 981. The van der Waals surface area contributed by atoms with Gasteiger partial charge in [0.2, 0.25) is 10.0 Å². The van der Waals surface area contributed by atoms with Gasteiger partial charge in [-0.3, -0.25) is 4.79 Å². The fourth-order valence-electron chi connectivity index (χ4n) is 6.80. The fraction of sp³-hybridized carbons (Fsp3) is 0.652. The summed E-state index contributed by atoms with van der Waals surface area (Å²) in [5.41, 5.74) is 1.02. The van der Waals surface area contributed by atoms with E-state index in [0.717, 1.165) is 37.0 Å². The van der Waals surface area contributed by atoms with E-state index >= 15 is 0 Å². The van der Waals surface area contributed by atoms with Gasteiger partial charge in [0.05, 0.1) is 6.26 Å². The van der Waals surface area contributed by atoms with Crippen LogP contribution in [0.15, 0.2) is 24.3 Å². The molecule has 32 heavy (non-hydrogen) atoms. The van der Waals surface area contributed by atoms with Gasteiger partial charge in [0.25, 0.3) is 5.91 Å². The van der Waals surface area contributed by atoms with E-state index in [4.69, 9.17) is 0 Å². The largest absolute Gasteiger partial charge is 0.336 e. The molecule has 1 heterocycles. The topological polar surface area (TPSA) is 98.8 Å². The zero-order valence-corrected chi connectivity index (χ0v) is 19.4. The summed E-state index contributed by atoms with van der Waals surface area (Å²) in [7, 11) is -3.24. The van der Waals surface area contributed by atoms with Crippen molar-refractivity contribution >= 4 is 27.6 Å². The van der Waals surface area contributed by atoms with Crippen molar-refractivity contribution in [1.82, 2.24) is 14.5 Å². The maximum absolute atomic E-state index is 12.9. The van der Waals surface area contributed by atoms with Crippen LogP contribution < -0.4 is 10.6 Å². The summed E-state index contributed by atoms with van der Waals surface area (Å²) in [6, 6.07) is 6.79. The third kappa shape index (κ3) is 4.37. The van der Waals surface area contributed by atoms with Gasteiger partial charge < -0.3 is 15.5 Å². The van der Waals surface area contributed by atoms with Gasteiger partial charge >= 0.3 is 6.03 Å². The van der Waals surface area contributed by atoms with Crippen LogP contribution in [0.4, 0.5) is 10.5 Å². The number of hydrogen-bond donors (Lipinski definition) is 2. The van der Waals surface area contributed by atoms with Crippen LogP contribution in [0.2, 0.25) is 0 Å². The summed E-state index contributed by atoms with van der Waals surface area (Å²) < 4.78 is 24.8. The first-order chi connectivity index (χ1) is 15.2. The third-order valence-electron chi connectivity index (χ3n) is 7.78. The molecule has 174 valence electrons. The predicted molar refractivity (Wildman–Crippen MR) is 122 cm³/mol. The highest BCUT2D eigenvalue weighted by molar-refractivity contribution is 7.88. The minimum Gasteiger partial charge on any atom is -0.336 e. The van der Waals surface area contributed by atoms with E-state index in [0.29, 0.717) is 37.4 Å². The summed E-state index contributed by atoms with van der Waals surface area (Å²) in [6.45, 7) is 1.32. The van der Waals surface area contributed by atoms with Crippen molar-refractivity contribution in [3.8, 4) is 0 Å². The molecule has 4 aliphatic carbocycles. The Morgan fingerprint density at radius 3 is 2.12 bits per heavy atom. The number of piperazine rings is 1. The Balaban J connectivity index is 1.20. The normalized spacial score (nSPS) is 32.0. The van der Waals surface area contributed by atoms with Gasteiger partial charge in [-0.1, -0.05) is 6.07 Å². The Labute approximate surface area is 189 Å². The third-order valence-corrected chi connectivity index (χ3v) is 9.08. The van der Waals surface area contributed by atoms with E-state index in [9.17, 15) is 18.0 Å². The van der Waals surface area contributed by atoms with Crippen LogP contribution in [0.1, 0.15) is 48.9 Å². The second-order valence-electron chi connectivity index (χ2n) is 10.3. The van der Waals surface area contributed by atoms with Crippen molar-refractivity contribution in [2.45, 2.75) is 44.1 Å². The van der Waals surface area contributed by atoms with Crippen LogP contribution in [0.3, 0.4) is 0 Å². The van der Waals surface area contributed by atoms with E-state index in [1.807, 2.05) is 0 Å². The van der Waals surface area contributed by atoms with Gasteiger partial charge in [-0.15, -0.1) is 0 Å². The van der Waals surface area contributed by atoms with Crippen molar-refractivity contribution in [2.75, 3.05) is 37.8 Å². The number of nitrogens with zero attached hydrogens (tertiary/aromatic N) is 2. The van der Waals surface area contributed by atoms with Crippen molar-refractivity contribution in [1.29, 1.82) is 0 Å². The molecular formula is C23H32N4O4S. The zero-order valence-electron chi connectivity index (χ0n) is 18.5. The van der Waals surface area contributed by atoms with Crippen LogP contribution in [0, 0.1) is 17.8 Å². The summed E-state index contributed by atoms with van der Waals surface area (Å²) in [5, 5.41) is 6.23. The molecule has 4 bridgehead atoms. The molecule has 2 N–H and O–H groups in total. The number of hydrogen-bond acceptors (Lipinski definition) is 4. The van der Waals surface area contributed by atoms with Crippen molar-refractivity contribution in [2.24, 2.45) is 17.8 Å². The van der Waals surface area contributed by atoms with Crippen LogP contribution in [0.25, 0.3) is 0 Å². The molecule has 9 heteroatoms. The number of sulfonamides is 1. The van der Waals surface area contributed by atoms with Crippen molar-refractivity contribution < 1.29 is 18.0 Å². The van der Waals surface area contributed by atoms with E-state index in [1.54, 1.807) is 29.2 Å². The monoisotopic (exact) mass is 460 g/mol. The van der Waals surface area contributed by atoms with Crippen LogP contribution in [0.5, 0.6) is 0 Å². The van der Waals surface area contributed by atoms with Gasteiger partial charge in [0, 0.05) is 43.0 Å². The second-order valence-corrected chi connectivity index (χ2v) is 12.3. The average molecular weight is 461 g/mol. The van der Waals surface area contributed by atoms with Crippen LogP contribution in [-0.4, -0.2) is 67.5 Å². The predicted octanol–water partition coefficient (Wildman–Crippen LogP) is 2.49. The van der Waals surface area contributed by atoms with E-state index in [2.05, 4.69) is 10.6 Å². The number of amides is 3. The molecule has 4 saturated carbocycles. The van der Waals surface area contributed by atoms with Gasteiger partial charge in [-0.05, 0) is 74.5 Å². The fourth-order valence-corrected chi connectivity index (χ4v) is 7.63. The molecular weight excluding hydrogens is 428 g/mol. The molecule has 1 aliphatic heterocycles. The molecule has 5 aliphatic rings. The van der Waals surface area contributed by atoms with Crippen molar-refractivity contribution in [3.05, 3.63) is 29.8 Å². The minimum absolute atomic E-state index is 0.0639. The van der Waals surface area contributed by atoms with E-state index < -0.39 is 10.0 Å². The number of anilines is 1. The van der Waals surface area contributed by atoms with E-state index in [-0.39, 0.29) is 17.5 Å². The quantitative estimate of drug-likeness (QED) is 0.721. The molecule has 1 saturated heterocycles. The SMILES string of the molecule is CS(=O)(=O)N1CCN(C(=O)c2cccc(NC(=O)NC34CC5CC(CC(C5)C3)C4)c2)CC1. The summed E-state index contributed by atoms with van der Waals surface area (Å²) >= 11 is 0. The maximum Gasteiger partial charge on any atom is 0.319 e. The molecule has 8 nitrogen and oxygen atoms in total. The Hall–Kier alpha value is -2.13. The zero-order chi connectivity index (χ0) is 22.5. The lowest BCUT2D eigenvalue weighted by Gasteiger charge is -2.56. The molecule has 0 aromatic heterocycles. The first-order valence-electron chi connectivity index (χ1n) is 11.6. The number of carbonyl (C=O) groups excluding carboxylic acids is 2. The highest BCUT2D eigenvalue weighted by Crippen LogP contribution is 2.55. The maximum atomic E-state index is 12.9. The molecule has 0 spiro atoms. The molecule has 5 fully saturated rings. The molecule has 0 unspecified atom stereocenters. The molecule has 1 aromatic rings. The Morgan fingerprint density at radius 1 is 0.969 bits per heavy atom. The van der Waals surface area contributed by atoms with Crippen molar-refractivity contribution in [3.63, 3.8) is 0 Å². The van der Waals surface area contributed by atoms with Crippen LogP contribution in [-0.2, 0) is 10.0 Å². The summed E-state index contributed by atoms with van der Waals surface area (Å²) in [6.07, 6.45) is 8.43. The number of benzene rings is 1. The summed E-state index contributed by atoms with van der Waals surface area (Å²) in [4.78, 5) is 27.4. The highest BCUT2D eigenvalue weighted by Gasteiger charge is 2.51. The number of urea groups is 1. The molecule has 3 amide bonds. The lowest BCUT2D eigenvalue weighted by Crippen LogP contribution is -2.60. The standard InChI is InChI=1S/C23H32N4O4S/c1-32(30,31)27-7-5-26(6-8-27)21(28)19-3-2-4-20(12-19)24-22(29)25-23-13-16-9-17(14-23)11-18(10-16)15-23/h2-4,12,16-18H,5-11,13-15H2,1H3,(H2,24,25,29). The highest BCUT2D eigenvalue weighted by atomic mass is 32.2. The Morgan fingerprint density at radius 2 is 1.56 bits per heavy atom. The van der Waals surface area contributed by atoms with Gasteiger partial charge in [-0.25, -0.2) is 13.2 Å². The van der Waals surface area contributed by atoms with Crippen LogP contribution >= 0.6 is 0 Å². The van der Waals surface area contributed by atoms with Gasteiger partial charge in [0.15, 0.2) is 0 Å². The smallest absolute Gasteiger partial charge is 0.319 e. The second kappa shape index (κ2) is 8.02. The number of rotatable bonds is 4. The van der Waals surface area contributed by atoms with Gasteiger partial charge in [-0.2, -0.15) is 4.31 Å². The first-order valence-corrected chi connectivity index (χ1v) is 13.5. The number of nitrogens with one attached hydrogen (secondary N) is 2. The molecule has 0 atom stereocenters. The lowest BCUT2D eigenvalue weighted by atomic mass is 9.53. The average Bonchev–Trinajstić information content (AvgIpc) is 2.71. The molecule has 1 aromatic carbocycles. The summed E-state index contributed by atoms with van der Waals surface area (Å²) in [5.74, 6) is 2.12.